The molecule has 1 aromatic rings. The van der Waals surface area contributed by atoms with Crippen LogP contribution in [0, 0.1) is 0 Å². The smallest absolute Gasteiger partial charge is 0.446 e. The van der Waals surface area contributed by atoms with E-state index in [0.29, 0.717) is 0 Å². The summed E-state index contributed by atoms with van der Waals surface area (Å²) in [6.07, 6.45) is 1.37. The second kappa shape index (κ2) is 3.87. The highest BCUT2D eigenvalue weighted by Gasteiger charge is 2.30. The van der Waals surface area contributed by atoms with Crippen LogP contribution in [0.15, 0.2) is 23.2 Å². The first kappa shape index (κ1) is 10.2. The van der Waals surface area contributed by atoms with Crippen molar-refractivity contribution in [3.63, 3.8) is 0 Å². The van der Waals surface area contributed by atoms with Crippen molar-refractivity contribution in [3.05, 3.63) is 18.3 Å². The van der Waals surface area contributed by atoms with E-state index >= 15 is 0 Å². The summed E-state index contributed by atoms with van der Waals surface area (Å²) in [7, 11) is 1.28. The molecule has 0 spiro atoms. The summed E-state index contributed by atoms with van der Waals surface area (Å²) in [6, 6.07) is 2.74. The lowest BCUT2D eigenvalue weighted by molar-refractivity contribution is -0.0329. The molecule has 2 nitrogen and oxygen atoms in total. The van der Waals surface area contributed by atoms with Gasteiger partial charge in [0.15, 0.2) is 0 Å². The number of methoxy groups -OCH3 is 1. The maximum absolute atomic E-state index is 11.9. The first-order valence-corrected chi connectivity index (χ1v) is 4.09. The number of pyridine rings is 1. The zero-order chi connectivity index (χ0) is 9.90. The Morgan fingerprint density at radius 1 is 1.46 bits per heavy atom. The van der Waals surface area contributed by atoms with Crippen LogP contribution >= 0.6 is 11.8 Å². The molecular formula is C7H6F3NOS. The lowest BCUT2D eigenvalue weighted by atomic mass is 10.5. The number of hydrogen-bond donors (Lipinski definition) is 0. The minimum Gasteiger partial charge on any atom is -0.480 e. The van der Waals surface area contributed by atoms with Crippen LogP contribution in [0.1, 0.15) is 0 Å². The van der Waals surface area contributed by atoms with Gasteiger partial charge in [-0.2, -0.15) is 13.2 Å². The van der Waals surface area contributed by atoms with Crippen LogP contribution in [0.2, 0.25) is 0 Å². The highest BCUT2D eigenvalue weighted by atomic mass is 32.2. The average Bonchev–Trinajstić information content (AvgIpc) is 2.02. The fourth-order valence-electron chi connectivity index (χ4n) is 0.732. The van der Waals surface area contributed by atoms with Gasteiger partial charge >= 0.3 is 5.51 Å². The van der Waals surface area contributed by atoms with Gasteiger partial charge in [0.25, 0.3) is 0 Å². The Kier molecular flexibility index (Phi) is 3.02. The third kappa shape index (κ3) is 3.14. The summed E-state index contributed by atoms with van der Waals surface area (Å²) in [4.78, 5) is 3.61. The van der Waals surface area contributed by atoms with Gasteiger partial charge in [0.05, 0.1) is 12.0 Å². The van der Waals surface area contributed by atoms with Gasteiger partial charge in [0, 0.05) is 6.20 Å². The fraction of sp³-hybridized carbons (Fsp3) is 0.286. The third-order valence-corrected chi connectivity index (χ3v) is 1.92. The summed E-state index contributed by atoms with van der Waals surface area (Å²) in [5.41, 5.74) is -4.31. The van der Waals surface area contributed by atoms with Crippen LogP contribution in [0.4, 0.5) is 13.2 Å². The van der Waals surface area contributed by atoms with Gasteiger partial charge in [0.2, 0.25) is 5.88 Å². The van der Waals surface area contributed by atoms with E-state index in [1.54, 1.807) is 0 Å². The number of nitrogens with zero attached hydrogens (tertiary/aromatic N) is 1. The van der Waals surface area contributed by atoms with Crippen molar-refractivity contribution in [3.8, 4) is 5.88 Å². The number of alkyl halides is 3. The zero-order valence-electron chi connectivity index (χ0n) is 6.63. The van der Waals surface area contributed by atoms with Crippen molar-refractivity contribution in [1.29, 1.82) is 0 Å². The number of halogens is 3. The Balaban J connectivity index is 2.87. The van der Waals surface area contributed by atoms with Crippen LogP contribution < -0.4 is 4.74 Å². The van der Waals surface area contributed by atoms with E-state index in [2.05, 4.69) is 9.72 Å². The quantitative estimate of drug-likeness (QED) is 0.699. The zero-order valence-corrected chi connectivity index (χ0v) is 7.45. The molecule has 1 heterocycles. The first-order valence-electron chi connectivity index (χ1n) is 3.27. The van der Waals surface area contributed by atoms with Gasteiger partial charge in [-0.3, -0.25) is 0 Å². The summed E-state index contributed by atoms with van der Waals surface area (Å²) in [5.74, 6) is -0.00942. The van der Waals surface area contributed by atoms with Crippen molar-refractivity contribution in [2.75, 3.05) is 7.11 Å². The average molecular weight is 209 g/mol. The summed E-state index contributed by atoms with van der Waals surface area (Å²) in [6.45, 7) is 0. The molecule has 0 unspecified atom stereocenters. The largest absolute Gasteiger partial charge is 0.480 e. The van der Waals surface area contributed by atoms with Gasteiger partial charge in [-0.05, 0) is 23.9 Å². The second-order valence-corrected chi connectivity index (χ2v) is 3.17. The molecule has 0 atom stereocenters. The molecule has 1 rings (SSSR count). The molecule has 6 heteroatoms. The van der Waals surface area contributed by atoms with E-state index < -0.39 is 5.51 Å². The molecule has 0 bridgehead atoms. The number of thioether (sulfide) groups is 1. The third-order valence-electron chi connectivity index (χ3n) is 1.16. The number of rotatable bonds is 2. The van der Waals surface area contributed by atoms with Crippen molar-refractivity contribution >= 4 is 11.8 Å². The minimum atomic E-state index is -4.31. The van der Waals surface area contributed by atoms with Gasteiger partial charge in [-0.25, -0.2) is 4.98 Å². The SMILES string of the molecule is COc1ncccc1SC(F)(F)F. The van der Waals surface area contributed by atoms with Crippen LogP contribution in [0.5, 0.6) is 5.88 Å². The molecule has 1 aromatic heterocycles. The number of ether oxygens (including phenoxy) is 1. The van der Waals surface area contributed by atoms with Crippen molar-refractivity contribution < 1.29 is 17.9 Å². The molecule has 0 fully saturated rings. The molecule has 0 aliphatic heterocycles. The van der Waals surface area contributed by atoms with Crippen LogP contribution in [-0.2, 0) is 0 Å². The normalized spacial score (nSPS) is 11.4. The van der Waals surface area contributed by atoms with E-state index in [1.165, 1.54) is 25.4 Å². The molecular weight excluding hydrogens is 203 g/mol. The van der Waals surface area contributed by atoms with E-state index in [9.17, 15) is 13.2 Å². The van der Waals surface area contributed by atoms with Gasteiger partial charge < -0.3 is 4.74 Å². The molecule has 0 amide bonds. The molecule has 13 heavy (non-hydrogen) atoms. The van der Waals surface area contributed by atoms with Gasteiger partial charge in [-0.15, -0.1) is 0 Å². The number of aromatic nitrogens is 1. The molecule has 72 valence electrons. The van der Waals surface area contributed by atoms with Crippen molar-refractivity contribution in [2.45, 2.75) is 10.4 Å². The van der Waals surface area contributed by atoms with Gasteiger partial charge in [-0.1, -0.05) is 0 Å². The predicted octanol–water partition coefficient (Wildman–Crippen LogP) is 2.70. The van der Waals surface area contributed by atoms with E-state index in [0.717, 1.165) is 0 Å². The Hall–Kier alpha value is -0.910. The summed E-state index contributed by atoms with van der Waals surface area (Å²) in [5, 5.41) is 0. The van der Waals surface area contributed by atoms with Crippen molar-refractivity contribution in [2.24, 2.45) is 0 Å². The van der Waals surface area contributed by atoms with E-state index in [-0.39, 0.29) is 22.5 Å². The van der Waals surface area contributed by atoms with Crippen molar-refractivity contribution in [1.82, 2.24) is 4.98 Å². The predicted molar refractivity (Wildman–Crippen MR) is 42.7 cm³/mol. The fourth-order valence-corrected chi connectivity index (χ4v) is 1.35. The molecule has 0 N–H and O–H groups in total. The topological polar surface area (TPSA) is 22.1 Å². The van der Waals surface area contributed by atoms with E-state index in [1.807, 2.05) is 0 Å². The van der Waals surface area contributed by atoms with E-state index in [4.69, 9.17) is 0 Å². The second-order valence-electron chi connectivity index (χ2n) is 2.06. The summed E-state index contributed by atoms with van der Waals surface area (Å²) < 4.78 is 40.5. The lowest BCUT2D eigenvalue weighted by Gasteiger charge is -2.07. The van der Waals surface area contributed by atoms with Gasteiger partial charge in [0.1, 0.15) is 0 Å². The lowest BCUT2D eigenvalue weighted by Crippen LogP contribution is -2.00. The summed E-state index contributed by atoms with van der Waals surface area (Å²) >= 11 is -0.236. The molecule has 0 saturated carbocycles. The standard InChI is InChI=1S/C7H6F3NOS/c1-12-6-5(3-2-4-11-6)13-7(8,9)10/h2-4H,1H3. The monoisotopic (exact) mass is 209 g/mol. The maximum Gasteiger partial charge on any atom is 0.446 e. The molecule has 0 aromatic carbocycles. The Morgan fingerprint density at radius 3 is 2.69 bits per heavy atom. The Morgan fingerprint density at radius 2 is 2.15 bits per heavy atom. The maximum atomic E-state index is 11.9. The molecule has 0 aliphatic carbocycles. The molecule has 0 radical (unpaired) electrons. The molecule has 0 aliphatic rings. The van der Waals surface area contributed by atoms with Crippen LogP contribution in [0.3, 0.4) is 0 Å². The first-order chi connectivity index (χ1) is 6.03. The Labute approximate surface area is 77.1 Å². The van der Waals surface area contributed by atoms with Crippen LogP contribution in [0.25, 0.3) is 0 Å². The highest BCUT2D eigenvalue weighted by molar-refractivity contribution is 8.00. The minimum absolute atomic E-state index is 0.00942. The Bertz CT molecular complexity index is 289. The number of hydrogen-bond acceptors (Lipinski definition) is 3. The van der Waals surface area contributed by atoms with Crippen LogP contribution in [-0.4, -0.2) is 17.6 Å². The highest BCUT2D eigenvalue weighted by Crippen LogP contribution is 2.40. The molecule has 0 saturated heterocycles.